The lowest BCUT2D eigenvalue weighted by molar-refractivity contribution is -0.274. The lowest BCUT2D eigenvalue weighted by Crippen LogP contribution is -2.17. The average molecular weight is 316 g/mol. The summed E-state index contributed by atoms with van der Waals surface area (Å²) in [5.74, 6) is -0.231. The second-order valence-corrected chi connectivity index (χ2v) is 4.86. The SMILES string of the molecule is Cc1c(Cl)cccc1NCc1ccc(OC(F)(F)F)cc1. The first-order chi connectivity index (χ1) is 9.85. The van der Waals surface area contributed by atoms with Gasteiger partial charge in [0.2, 0.25) is 0 Å². The van der Waals surface area contributed by atoms with Gasteiger partial charge in [-0.2, -0.15) is 0 Å². The molecule has 112 valence electrons. The van der Waals surface area contributed by atoms with Crippen LogP contribution in [0, 0.1) is 6.92 Å². The molecule has 1 N–H and O–H groups in total. The molecule has 0 aromatic heterocycles. The van der Waals surface area contributed by atoms with Crippen molar-refractivity contribution >= 4 is 17.3 Å². The topological polar surface area (TPSA) is 21.3 Å². The maximum absolute atomic E-state index is 12.0. The normalized spacial score (nSPS) is 11.3. The third kappa shape index (κ3) is 4.56. The van der Waals surface area contributed by atoms with Crippen molar-refractivity contribution in [2.75, 3.05) is 5.32 Å². The van der Waals surface area contributed by atoms with Crippen LogP contribution in [0.2, 0.25) is 5.02 Å². The first-order valence-corrected chi connectivity index (χ1v) is 6.56. The van der Waals surface area contributed by atoms with E-state index in [1.807, 2.05) is 19.1 Å². The lowest BCUT2D eigenvalue weighted by atomic mass is 10.1. The molecular formula is C15H13ClF3NO. The van der Waals surface area contributed by atoms with Crippen LogP contribution in [-0.4, -0.2) is 6.36 Å². The summed E-state index contributed by atoms with van der Waals surface area (Å²) in [6.45, 7) is 2.37. The van der Waals surface area contributed by atoms with Crippen LogP contribution in [-0.2, 0) is 6.54 Å². The fraction of sp³-hybridized carbons (Fsp3) is 0.200. The molecule has 0 bridgehead atoms. The van der Waals surface area contributed by atoms with E-state index in [0.717, 1.165) is 16.8 Å². The van der Waals surface area contributed by atoms with Gasteiger partial charge in [0, 0.05) is 17.3 Å². The van der Waals surface area contributed by atoms with Gasteiger partial charge in [-0.3, -0.25) is 0 Å². The molecule has 0 radical (unpaired) electrons. The van der Waals surface area contributed by atoms with Crippen LogP contribution >= 0.6 is 11.6 Å². The maximum Gasteiger partial charge on any atom is 0.573 e. The first kappa shape index (κ1) is 15.5. The van der Waals surface area contributed by atoms with Gasteiger partial charge in [0.25, 0.3) is 0 Å². The van der Waals surface area contributed by atoms with Crippen molar-refractivity contribution in [3.05, 3.63) is 58.6 Å². The minimum atomic E-state index is -4.67. The van der Waals surface area contributed by atoms with Crippen molar-refractivity contribution in [2.45, 2.75) is 19.8 Å². The molecule has 2 rings (SSSR count). The zero-order chi connectivity index (χ0) is 15.5. The van der Waals surface area contributed by atoms with E-state index in [1.165, 1.54) is 12.1 Å². The lowest BCUT2D eigenvalue weighted by Gasteiger charge is -2.12. The molecule has 2 nitrogen and oxygen atoms in total. The van der Waals surface area contributed by atoms with Crippen LogP contribution in [0.15, 0.2) is 42.5 Å². The van der Waals surface area contributed by atoms with Gasteiger partial charge in [-0.25, -0.2) is 0 Å². The van der Waals surface area contributed by atoms with E-state index in [2.05, 4.69) is 10.1 Å². The number of hydrogen-bond donors (Lipinski definition) is 1. The van der Waals surface area contributed by atoms with Gasteiger partial charge in [-0.15, -0.1) is 13.2 Å². The minimum Gasteiger partial charge on any atom is -0.406 e. The quantitative estimate of drug-likeness (QED) is 0.841. The number of hydrogen-bond acceptors (Lipinski definition) is 2. The summed E-state index contributed by atoms with van der Waals surface area (Å²) in [5, 5.41) is 3.85. The van der Waals surface area contributed by atoms with E-state index in [4.69, 9.17) is 11.6 Å². The first-order valence-electron chi connectivity index (χ1n) is 6.19. The van der Waals surface area contributed by atoms with Gasteiger partial charge in [0.05, 0.1) is 0 Å². The van der Waals surface area contributed by atoms with Crippen molar-refractivity contribution in [1.29, 1.82) is 0 Å². The Hall–Kier alpha value is -1.88. The molecule has 0 heterocycles. The van der Waals surface area contributed by atoms with Gasteiger partial charge in [0.1, 0.15) is 5.75 Å². The van der Waals surface area contributed by atoms with Gasteiger partial charge < -0.3 is 10.1 Å². The summed E-state index contributed by atoms with van der Waals surface area (Å²) in [6.07, 6.45) is -4.67. The number of ether oxygens (including phenoxy) is 1. The van der Waals surface area contributed by atoms with E-state index >= 15 is 0 Å². The van der Waals surface area contributed by atoms with Gasteiger partial charge in [-0.1, -0.05) is 29.8 Å². The fourth-order valence-electron chi connectivity index (χ4n) is 1.81. The van der Waals surface area contributed by atoms with E-state index in [9.17, 15) is 13.2 Å². The van der Waals surface area contributed by atoms with Crippen molar-refractivity contribution < 1.29 is 17.9 Å². The highest BCUT2D eigenvalue weighted by molar-refractivity contribution is 6.31. The Morgan fingerprint density at radius 2 is 1.76 bits per heavy atom. The molecule has 0 saturated carbocycles. The third-order valence-corrected chi connectivity index (χ3v) is 3.32. The van der Waals surface area contributed by atoms with Gasteiger partial charge in [0.15, 0.2) is 0 Å². The number of anilines is 1. The summed E-state index contributed by atoms with van der Waals surface area (Å²) >= 11 is 6.01. The Kier molecular flexibility index (Phi) is 4.63. The van der Waals surface area contributed by atoms with Crippen molar-refractivity contribution in [3.63, 3.8) is 0 Å². The Balaban J connectivity index is 1.99. The molecule has 0 aliphatic heterocycles. The van der Waals surface area contributed by atoms with Crippen LogP contribution in [0.1, 0.15) is 11.1 Å². The number of rotatable bonds is 4. The second-order valence-electron chi connectivity index (χ2n) is 4.46. The number of nitrogens with one attached hydrogen (secondary N) is 1. The Morgan fingerprint density at radius 3 is 2.38 bits per heavy atom. The molecule has 0 amide bonds. The molecule has 2 aromatic rings. The van der Waals surface area contributed by atoms with Crippen molar-refractivity contribution in [3.8, 4) is 5.75 Å². The van der Waals surface area contributed by atoms with Gasteiger partial charge >= 0.3 is 6.36 Å². The number of benzene rings is 2. The Labute approximate surface area is 125 Å². The largest absolute Gasteiger partial charge is 0.573 e. The summed E-state index contributed by atoms with van der Waals surface area (Å²) in [5.41, 5.74) is 2.65. The second kappa shape index (κ2) is 6.26. The molecular weight excluding hydrogens is 303 g/mol. The number of alkyl halides is 3. The predicted octanol–water partition coefficient (Wildman–Crippen LogP) is 5.16. The molecule has 0 spiro atoms. The number of halogens is 4. The Morgan fingerprint density at radius 1 is 1.10 bits per heavy atom. The van der Waals surface area contributed by atoms with Crippen molar-refractivity contribution in [1.82, 2.24) is 0 Å². The minimum absolute atomic E-state index is 0.231. The zero-order valence-corrected chi connectivity index (χ0v) is 11.9. The molecule has 0 atom stereocenters. The molecule has 0 unspecified atom stereocenters. The summed E-state index contributed by atoms with van der Waals surface area (Å²) in [7, 11) is 0. The molecule has 0 aliphatic rings. The highest BCUT2D eigenvalue weighted by atomic mass is 35.5. The van der Waals surface area contributed by atoms with E-state index in [-0.39, 0.29) is 5.75 Å². The van der Waals surface area contributed by atoms with E-state index < -0.39 is 6.36 Å². The van der Waals surface area contributed by atoms with Crippen LogP contribution in [0.3, 0.4) is 0 Å². The summed E-state index contributed by atoms with van der Waals surface area (Å²) < 4.78 is 40.0. The van der Waals surface area contributed by atoms with Crippen molar-refractivity contribution in [2.24, 2.45) is 0 Å². The van der Waals surface area contributed by atoms with Crippen LogP contribution in [0.25, 0.3) is 0 Å². The zero-order valence-electron chi connectivity index (χ0n) is 11.2. The highest BCUT2D eigenvalue weighted by Crippen LogP contribution is 2.25. The molecule has 21 heavy (non-hydrogen) atoms. The summed E-state index contributed by atoms with van der Waals surface area (Å²) in [4.78, 5) is 0. The van der Waals surface area contributed by atoms with E-state index in [1.54, 1.807) is 18.2 Å². The molecule has 0 aliphatic carbocycles. The Bertz CT molecular complexity index is 611. The third-order valence-electron chi connectivity index (χ3n) is 2.91. The van der Waals surface area contributed by atoms with E-state index in [0.29, 0.717) is 11.6 Å². The van der Waals surface area contributed by atoms with Gasteiger partial charge in [-0.05, 0) is 42.3 Å². The summed E-state index contributed by atoms with van der Waals surface area (Å²) in [6, 6.07) is 11.2. The molecule has 6 heteroatoms. The molecule has 0 fully saturated rings. The standard InChI is InChI=1S/C15H13ClF3NO/c1-10-13(16)3-2-4-14(10)20-9-11-5-7-12(8-6-11)21-15(17,18)19/h2-8,20H,9H2,1H3. The predicted molar refractivity (Wildman–Crippen MR) is 76.6 cm³/mol. The fourth-order valence-corrected chi connectivity index (χ4v) is 1.98. The van der Waals surface area contributed by atoms with Crippen LogP contribution in [0.4, 0.5) is 18.9 Å². The monoisotopic (exact) mass is 315 g/mol. The highest BCUT2D eigenvalue weighted by Gasteiger charge is 2.30. The average Bonchev–Trinajstić information content (AvgIpc) is 2.40. The molecule has 2 aromatic carbocycles. The smallest absolute Gasteiger partial charge is 0.406 e. The van der Waals surface area contributed by atoms with Crippen LogP contribution < -0.4 is 10.1 Å². The maximum atomic E-state index is 12.0. The van der Waals surface area contributed by atoms with Crippen LogP contribution in [0.5, 0.6) is 5.75 Å². The molecule has 0 saturated heterocycles.